The summed E-state index contributed by atoms with van der Waals surface area (Å²) in [6.07, 6.45) is 1.85. The van der Waals surface area contributed by atoms with Crippen molar-refractivity contribution >= 4 is 75.2 Å². The van der Waals surface area contributed by atoms with Crippen molar-refractivity contribution in [2.75, 3.05) is 10.6 Å². The minimum Gasteiger partial charge on any atom is -0.329 e. The van der Waals surface area contributed by atoms with Gasteiger partial charge in [-0.25, -0.2) is 0 Å². The van der Waals surface area contributed by atoms with Crippen LogP contribution in [0.25, 0.3) is 0 Å². The number of nitrogens with zero attached hydrogens (tertiary/aromatic N) is 4. The lowest BCUT2D eigenvalue weighted by Crippen LogP contribution is -2.20. The molecule has 0 atom stereocenters. The van der Waals surface area contributed by atoms with Gasteiger partial charge < -0.3 is 10.6 Å². The molecule has 4 aromatic rings. The SMILES string of the molecule is Cc1nn(Cc2ccc(Cl)c(Cl)c2)c(C)c1NC(=S)Nc1ccn(Cc2ccc(Cl)cc2Cl)n1. The first-order valence-electron chi connectivity index (χ1n) is 10.2. The number of hydrogen-bond acceptors (Lipinski definition) is 3. The topological polar surface area (TPSA) is 59.7 Å². The Morgan fingerprint density at radius 2 is 1.68 bits per heavy atom. The third kappa shape index (κ3) is 5.85. The molecule has 0 aliphatic rings. The van der Waals surface area contributed by atoms with Gasteiger partial charge in [0, 0.05) is 22.3 Å². The predicted octanol–water partition coefficient (Wildman–Crippen LogP) is 7.22. The number of benzene rings is 2. The number of nitrogens with one attached hydrogen (secondary N) is 2. The number of rotatable bonds is 6. The molecule has 0 radical (unpaired) electrons. The van der Waals surface area contributed by atoms with Crippen molar-refractivity contribution < 1.29 is 0 Å². The molecule has 0 spiro atoms. The summed E-state index contributed by atoms with van der Waals surface area (Å²) in [4.78, 5) is 0. The fourth-order valence-electron chi connectivity index (χ4n) is 3.44. The Balaban J connectivity index is 1.41. The quantitative estimate of drug-likeness (QED) is 0.247. The molecule has 0 saturated heterocycles. The molecule has 0 unspecified atom stereocenters. The monoisotopic (exact) mass is 552 g/mol. The maximum atomic E-state index is 6.27. The number of hydrogen-bond donors (Lipinski definition) is 2. The highest BCUT2D eigenvalue weighted by Crippen LogP contribution is 2.25. The lowest BCUT2D eigenvalue weighted by atomic mass is 10.2. The van der Waals surface area contributed by atoms with Gasteiger partial charge in [-0.1, -0.05) is 58.5 Å². The van der Waals surface area contributed by atoms with Crippen LogP contribution in [0.15, 0.2) is 48.7 Å². The van der Waals surface area contributed by atoms with Gasteiger partial charge in [-0.2, -0.15) is 10.2 Å². The van der Waals surface area contributed by atoms with Crippen LogP contribution in [-0.2, 0) is 13.1 Å². The lowest BCUT2D eigenvalue weighted by molar-refractivity contribution is 0.659. The molecular weight excluding hydrogens is 534 g/mol. The van der Waals surface area contributed by atoms with Crippen LogP contribution >= 0.6 is 58.6 Å². The molecule has 0 amide bonds. The van der Waals surface area contributed by atoms with Crippen molar-refractivity contribution in [3.8, 4) is 0 Å². The molecule has 2 N–H and O–H groups in total. The van der Waals surface area contributed by atoms with Crippen LogP contribution in [0.3, 0.4) is 0 Å². The Hall–Kier alpha value is -2.29. The fraction of sp³-hybridized carbons (Fsp3) is 0.174. The second-order valence-electron chi connectivity index (χ2n) is 7.67. The summed E-state index contributed by atoms with van der Waals surface area (Å²) >= 11 is 29.9. The number of anilines is 2. The summed E-state index contributed by atoms with van der Waals surface area (Å²) in [6.45, 7) is 4.97. The Bertz CT molecular complexity index is 1360. The predicted molar refractivity (Wildman–Crippen MR) is 145 cm³/mol. The molecule has 0 aliphatic heterocycles. The first kappa shape index (κ1) is 24.8. The first-order valence-corrected chi connectivity index (χ1v) is 12.1. The van der Waals surface area contributed by atoms with Crippen molar-refractivity contribution in [1.82, 2.24) is 19.6 Å². The largest absolute Gasteiger partial charge is 0.329 e. The Morgan fingerprint density at radius 1 is 0.882 bits per heavy atom. The summed E-state index contributed by atoms with van der Waals surface area (Å²) < 4.78 is 3.66. The maximum absolute atomic E-state index is 6.27. The molecule has 176 valence electrons. The summed E-state index contributed by atoms with van der Waals surface area (Å²) in [6, 6.07) is 12.8. The van der Waals surface area contributed by atoms with E-state index < -0.39 is 0 Å². The number of aryl methyl sites for hydroxylation is 1. The average Bonchev–Trinajstić information content (AvgIpc) is 3.32. The van der Waals surface area contributed by atoms with Gasteiger partial charge in [-0.15, -0.1) is 0 Å². The van der Waals surface area contributed by atoms with Crippen molar-refractivity contribution in [2.24, 2.45) is 0 Å². The molecule has 2 heterocycles. The summed E-state index contributed by atoms with van der Waals surface area (Å²) in [5.41, 5.74) is 4.52. The van der Waals surface area contributed by atoms with E-state index in [1.165, 1.54) is 0 Å². The molecule has 2 aromatic heterocycles. The van der Waals surface area contributed by atoms with E-state index in [1.807, 2.05) is 49.0 Å². The normalized spacial score (nSPS) is 11.0. The molecule has 6 nitrogen and oxygen atoms in total. The Labute approximate surface area is 222 Å². The van der Waals surface area contributed by atoms with Gasteiger partial charge in [-0.3, -0.25) is 9.36 Å². The molecule has 0 bridgehead atoms. The van der Waals surface area contributed by atoms with E-state index in [-0.39, 0.29) is 0 Å². The van der Waals surface area contributed by atoms with Crippen LogP contribution in [-0.4, -0.2) is 24.7 Å². The second kappa shape index (κ2) is 10.5. The van der Waals surface area contributed by atoms with E-state index in [2.05, 4.69) is 20.8 Å². The molecule has 0 saturated carbocycles. The van der Waals surface area contributed by atoms with Gasteiger partial charge in [0.15, 0.2) is 10.9 Å². The Morgan fingerprint density at radius 3 is 2.41 bits per heavy atom. The number of thiocarbonyl (C=S) groups is 1. The van der Waals surface area contributed by atoms with E-state index in [9.17, 15) is 0 Å². The molecule has 34 heavy (non-hydrogen) atoms. The number of aromatic nitrogens is 4. The zero-order chi connectivity index (χ0) is 24.4. The maximum Gasteiger partial charge on any atom is 0.176 e. The highest BCUT2D eigenvalue weighted by molar-refractivity contribution is 7.80. The van der Waals surface area contributed by atoms with Crippen LogP contribution in [0.1, 0.15) is 22.5 Å². The molecule has 2 aromatic carbocycles. The summed E-state index contributed by atoms with van der Waals surface area (Å²) in [7, 11) is 0. The van der Waals surface area contributed by atoms with Crippen LogP contribution in [0.5, 0.6) is 0 Å². The van der Waals surface area contributed by atoms with Crippen molar-refractivity contribution in [3.63, 3.8) is 0 Å². The average molecular weight is 554 g/mol. The van der Waals surface area contributed by atoms with Crippen LogP contribution < -0.4 is 10.6 Å². The van der Waals surface area contributed by atoms with Crippen molar-refractivity contribution in [1.29, 1.82) is 0 Å². The molecule has 0 fully saturated rings. The highest BCUT2D eigenvalue weighted by atomic mass is 35.5. The molecule has 0 aliphatic carbocycles. The van der Waals surface area contributed by atoms with Gasteiger partial charge in [0.2, 0.25) is 0 Å². The van der Waals surface area contributed by atoms with Gasteiger partial charge >= 0.3 is 0 Å². The highest BCUT2D eigenvalue weighted by Gasteiger charge is 2.14. The van der Waals surface area contributed by atoms with E-state index >= 15 is 0 Å². The van der Waals surface area contributed by atoms with Crippen LogP contribution in [0, 0.1) is 13.8 Å². The lowest BCUT2D eigenvalue weighted by Gasteiger charge is -2.10. The second-order valence-corrected chi connectivity index (χ2v) is 9.73. The van der Waals surface area contributed by atoms with E-state index in [0.29, 0.717) is 44.1 Å². The third-order valence-corrected chi connectivity index (χ3v) is 6.70. The van der Waals surface area contributed by atoms with Crippen LogP contribution in [0.2, 0.25) is 20.1 Å². The van der Waals surface area contributed by atoms with Crippen LogP contribution in [0.4, 0.5) is 11.5 Å². The number of halogens is 4. The minimum absolute atomic E-state index is 0.412. The van der Waals surface area contributed by atoms with Crippen molar-refractivity contribution in [2.45, 2.75) is 26.9 Å². The summed E-state index contributed by atoms with van der Waals surface area (Å²) in [5, 5.41) is 18.1. The van der Waals surface area contributed by atoms with E-state index in [0.717, 1.165) is 28.2 Å². The van der Waals surface area contributed by atoms with E-state index in [1.54, 1.807) is 22.9 Å². The smallest absolute Gasteiger partial charge is 0.176 e. The first-order chi connectivity index (χ1) is 16.2. The van der Waals surface area contributed by atoms with Gasteiger partial charge in [-0.05, 0) is 61.5 Å². The van der Waals surface area contributed by atoms with Gasteiger partial charge in [0.25, 0.3) is 0 Å². The standard InChI is InChI=1S/C23H20Cl4N6S/c1-13-22(14(2)33(30-13)11-15-3-6-18(25)20(27)9-15)29-23(34)28-21-7-8-32(31-21)12-16-4-5-17(24)10-19(16)26/h3-10H,11-12H2,1-2H3,(H2,28,29,31,34). The molecule has 4 rings (SSSR count). The van der Waals surface area contributed by atoms with Gasteiger partial charge in [0.05, 0.1) is 40.2 Å². The van der Waals surface area contributed by atoms with Crippen molar-refractivity contribution in [3.05, 3.63) is 91.3 Å². The zero-order valence-corrected chi connectivity index (χ0v) is 22.1. The third-order valence-electron chi connectivity index (χ3n) is 5.17. The van der Waals surface area contributed by atoms with E-state index in [4.69, 9.17) is 58.6 Å². The Kier molecular flexibility index (Phi) is 7.70. The fourth-order valence-corrected chi connectivity index (χ4v) is 4.44. The molecule has 11 heteroatoms. The van der Waals surface area contributed by atoms with Gasteiger partial charge in [0.1, 0.15) is 0 Å². The molecular formula is C23H20Cl4N6S. The minimum atomic E-state index is 0.412. The zero-order valence-electron chi connectivity index (χ0n) is 18.2. The summed E-state index contributed by atoms with van der Waals surface area (Å²) in [5.74, 6) is 0.612.